The van der Waals surface area contributed by atoms with Crippen LogP contribution in [0.4, 0.5) is 18.9 Å². The molecule has 1 unspecified atom stereocenters. The highest BCUT2D eigenvalue weighted by molar-refractivity contribution is 6.34. The predicted molar refractivity (Wildman–Crippen MR) is 132 cm³/mol. The van der Waals surface area contributed by atoms with E-state index in [0.29, 0.717) is 11.3 Å². The largest absolute Gasteiger partial charge is 0.435 e. The van der Waals surface area contributed by atoms with E-state index >= 15 is 0 Å². The number of rotatable bonds is 5. The minimum absolute atomic E-state index is 0.0528. The summed E-state index contributed by atoms with van der Waals surface area (Å²) in [6, 6.07) is 17.9. The molecule has 3 aromatic rings. The van der Waals surface area contributed by atoms with Gasteiger partial charge in [-0.25, -0.2) is 0 Å². The second-order valence-corrected chi connectivity index (χ2v) is 8.92. The van der Waals surface area contributed by atoms with E-state index in [1.54, 1.807) is 31.2 Å². The number of amides is 1. The van der Waals surface area contributed by atoms with E-state index in [-0.39, 0.29) is 27.2 Å². The van der Waals surface area contributed by atoms with Gasteiger partial charge in [0.25, 0.3) is 5.60 Å². The second kappa shape index (κ2) is 9.76. The van der Waals surface area contributed by atoms with Crippen LogP contribution in [-0.4, -0.2) is 17.8 Å². The number of anilines is 1. The van der Waals surface area contributed by atoms with Gasteiger partial charge in [0.15, 0.2) is 0 Å². The van der Waals surface area contributed by atoms with E-state index < -0.39 is 18.2 Å². The molecule has 4 rings (SSSR count). The number of benzene rings is 3. The zero-order chi connectivity index (χ0) is 25.2. The molecule has 4 nitrogen and oxygen atoms in total. The highest BCUT2D eigenvalue weighted by atomic mass is 35.5. The van der Waals surface area contributed by atoms with E-state index in [4.69, 9.17) is 28.0 Å². The monoisotopic (exact) mass is 518 g/mol. The first-order valence-corrected chi connectivity index (χ1v) is 11.3. The van der Waals surface area contributed by atoms with Crippen molar-refractivity contribution in [2.24, 2.45) is 5.16 Å². The summed E-state index contributed by atoms with van der Waals surface area (Å²) in [4.78, 5) is 17.5. The molecule has 35 heavy (non-hydrogen) atoms. The first-order chi connectivity index (χ1) is 16.6. The molecule has 0 aliphatic carbocycles. The fraction of sp³-hybridized carbons (Fsp3) is 0.154. The van der Waals surface area contributed by atoms with Crippen molar-refractivity contribution in [3.05, 3.63) is 105 Å². The first-order valence-electron chi connectivity index (χ1n) is 10.5. The normalized spacial score (nSPS) is 17.8. The highest BCUT2D eigenvalue weighted by Crippen LogP contribution is 2.49. The average Bonchev–Trinajstić information content (AvgIpc) is 3.26. The highest BCUT2D eigenvalue weighted by Gasteiger charge is 2.62. The van der Waals surface area contributed by atoms with Crippen LogP contribution in [0.1, 0.15) is 28.7 Å². The van der Waals surface area contributed by atoms with Crippen LogP contribution in [0, 0.1) is 6.92 Å². The maximum absolute atomic E-state index is 14.2. The zero-order valence-electron chi connectivity index (χ0n) is 18.4. The molecule has 1 amide bonds. The number of alkyl halides is 3. The summed E-state index contributed by atoms with van der Waals surface area (Å²) in [5, 5.41) is 6.64. The van der Waals surface area contributed by atoms with Gasteiger partial charge in [-0.2, -0.15) is 13.2 Å². The Morgan fingerprint density at radius 3 is 2.40 bits per heavy atom. The lowest BCUT2D eigenvalue weighted by molar-refractivity contribution is -0.275. The number of carbonyl (C=O) groups excluding carboxylic acids is 1. The Labute approximate surface area is 210 Å². The Hall–Kier alpha value is -3.29. The third kappa shape index (κ3) is 5.36. The molecule has 180 valence electrons. The van der Waals surface area contributed by atoms with Gasteiger partial charge in [0.05, 0.1) is 5.71 Å². The SMILES string of the molecule is Cc1ccc(C2=NOC(c3cc(Cl)cc(Cl)c3)(C(F)(F)F)C2)cc1NC(=O)/C=C/c1ccccc1. The van der Waals surface area contributed by atoms with Crippen molar-refractivity contribution in [2.75, 3.05) is 5.32 Å². The number of hydrogen-bond acceptors (Lipinski definition) is 3. The number of nitrogens with one attached hydrogen (secondary N) is 1. The number of oxime groups is 1. The fourth-order valence-electron chi connectivity index (χ4n) is 3.69. The van der Waals surface area contributed by atoms with E-state index in [1.165, 1.54) is 24.3 Å². The van der Waals surface area contributed by atoms with Crippen molar-refractivity contribution in [3.8, 4) is 0 Å². The number of carbonyl (C=O) groups is 1. The summed E-state index contributed by atoms with van der Waals surface area (Å²) in [6.45, 7) is 1.78. The lowest BCUT2D eigenvalue weighted by atomic mass is 9.86. The quantitative estimate of drug-likeness (QED) is 0.354. The van der Waals surface area contributed by atoms with Crippen molar-refractivity contribution in [1.82, 2.24) is 0 Å². The molecule has 0 bridgehead atoms. The van der Waals surface area contributed by atoms with Gasteiger partial charge in [0.2, 0.25) is 5.91 Å². The van der Waals surface area contributed by atoms with Gasteiger partial charge in [-0.1, -0.05) is 70.8 Å². The summed E-state index contributed by atoms with van der Waals surface area (Å²) in [6.07, 6.45) is -2.33. The van der Waals surface area contributed by atoms with Crippen LogP contribution in [0.15, 0.2) is 78.0 Å². The molecule has 1 aliphatic heterocycles. The maximum Gasteiger partial charge on any atom is 0.435 e. The van der Waals surface area contributed by atoms with Gasteiger partial charge in [-0.15, -0.1) is 0 Å². The van der Waals surface area contributed by atoms with E-state index in [2.05, 4.69) is 10.5 Å². The number of aryl methyl sites for hydroxylation is 1. The van der Waals surface area contributed by atoms with Crippen molar-refractivity contribution >= 4 is 46.6 Å². The van der Waals surface area contributed by atoms with Gasteiger partial charge < -0.3 is 10.2 Å². The second-order valence-electron chi connectivity index (χ2n) is 8.05. The van der Waals surface area contributed by atoms with E-state index in [1.807, 2.05) is 30.3 Å². The summed E-state index contributed by atoms with van der Waals surface area (Å²) >= 11 is 11.9. The standard InChI is InChI=1S/C26H19Cl2F3N2O2/c1-16-7-9-18(11-22(16)32-24(34)10-8-17-5-3-2-4-6-17)23-15-25(35-33-23,26(29,30)31)19-12-20(27)14-21(28)13-19/h2-14H,15H2,1H3,(H,32,34)/b10-8+. The van der Waals surface area contributed by atoms with Crippen molar-refractivity contribution in [1.29, 1.82) is 0 Å². The summed E-state index contributed by atoms with van der Waals surface area (Å²) in [5.74, 6) is -0.378. The lowest BCUT2D eigenvalue weighted by Gasteiger charge is -2.29. The number of nitrogens with zero attached hydrogens (tertiary/aromatic N) is 1. The Morgan fingerprint density at radius 1 is 1.06 bits per heavy atom. The summed E-state index contributed by atoms with van der Waals surface area (Å²) in [5.41, 5.74) is -0.473. The predicted octanol–water partition coefficient (Wildman–Crippen LogP) is 7.54. The molecule has 1 aliphatic rings. The molecule has 0 spiro atoms. The van der Waals surface area contributed by atoms with Crippen LogP contribution in [0.3, 0.4) is 0 Å². The molecule has 0 saturated carbocycles. The van der Waals surface area contributed by atoms with Crippen LogP contribution < -0.4 is 5.32 Å². The van der Waals surface area contributed by atoms with Crippen LogP contribution in [0.2, 0.25) is 10.0 Å². The van der Waals surface area contributed by atoms with Crippen molar-refractivity contribution in [2.45, 2.75) is 25.1 Å². The van der Waals surface area contributed by atoms with Crippen LogP contribution in [-0.2, 0) is 15.2 Å². The minimum Gasteiger partial charge on any atom is -0.374 e. The van der Waals surface area contributed by atoms with Crippen molar-refractivity contribution < 1.29 is 22.8 Å². The molecule has 0 radical (unpaired) electrons. The summed E-state index contributed by atoms with van der Waals surface area (Å²) in [7, 11) is 0. The van der Waals surface area contributed by atoms with E-state index in [9.17, 15) is 18.0 Å². The molecule has 3 aromatic carbocycles. The van der Waals surface area contributed by atoms with Gasteiger partial charge in [0, 0.05) is 39.4 Å². The van der Waals surface area contributed by atoms with Gasteiger partial charge in [0.1, 0.15) is 0 Å². The lowest BCUT2D eigenvalue weighted by Crippen LogP contribution is -2.42. The van der Waals surface area contributed by atoms with Gasteiger partial charge >= 0.3 is 6.18 Å². The molecular weight excluding hydrogens is 500 g/mol. The number of hydrogen-bond donors (Lipinski definition) is 1. The Balaban J connectivity index is 1.58. The minimum atomic E-state index is -4.80. The van der Waals surface area contributed by atoms with Crippen LogP contribution in [0.5, 0.6) is 0 Å². The Bertz CT molecular complexity index is 1300. The van der Waals surface area contributed by atoms with Gasteiger partial charge in [-0.05, 0) is 48.4 Å². The number of halogens is 5. The van der Waals surface area contributed by atoms with Crippen LogP contribution in [0.25, 0.3) is 6.08 Å². The van der Waals surface area contributed by atoms with E-state index in [0.717, 1.165) is 11.1 Å². The molecule has 0 aromatic heterocycles. The Kier molecular flexibility index (Phi) is 6.92. The molecule has 1 N–H and O–H groups in total. The first kappa shape index (κ1) is 24.8. The molecule has 1 atom stereocenters. The van der Waals surface area contributed by atoms with Gasteiger partial charge in [-0.3, -0.25) is 4.79 Å². The van der Waals surface area contributed by atoms with Crippen molar-refractivity contribution in [3.63, 3.8) is 0 Å². The van der Waals surface area contributed by atoms with Crippen LogP contribution >= 0.6 is 23.2 Å². The molecule has 0 fully saturated rings. The maximum atomic E-state index is 14.2. The zero-order valence-corrected chi connectivity index (χ0v) is 19.9. The topological polar surface area (TPSA) is 50.7 Å². The average molecular weight is 519 g/mol. The fourth-order valence-corrected chi connectivity index (χ4v) is 4.22. The third-order valence-corrected chi connectivity index (χ3v) is 6.01. The molecule has 0 saturated heterocycles. The molecular formula is C26H19Cl2F3N2O2. The Morgan fingerprint density at radius 2 is 1.74 bits per heavy atom. The summed E-state index contributed by atoms with van der Waals surface area (Å²) < 4.78 is 42.7. The molecule has 9 heteroatoms. The molecule has 1 heterocycles. The smallest absolute Gasteiger partial charge is 0.374 e. The third-order valence-electron chi connectivity index (χ3n) is 5.57.